The van der Waals surface area contributed by atoms with Gasteiger partial charge in [0, 0.05) is 5.70 Å². The lowest BCUT2D eigenvalue weighted by Gasteiger charge is -2.20. The van der Waals surface area contributed by atoms with Gasteiger partial charge in [0.1, 0.15) is 6.61 Å². The fourth-order valence-electron chi connectivity index (χ4n) is 1.65. The molecule has 1 saturated heterocycles. The summed E-state index contributed by atoms with van der Waals surface area (Å²) >= 11 is 0. The molecule has 0 radical (unpaired) electrons. The molecule has 0 aromatic carbocycles. The normalized spacial score (nSPS) is 27.5. The van der Waals surface area contributed by atoms with E-state index in [0.717, 1.165) is 18.5 Å². The van der Waals surface area contributed by atoms with Crippen molar-refractivity contribution in [2.75, 3.05) is 6.61 Å². The average Bonchev–Trinajstić information content (AvgIpc) is 2.48. The van der Waals surface area contributed by atoms with Gasteiger partial charge in [-0.2, -0.15) is 0 Å². The summed E-state index contributed by atoms with van der Waals surface area (Å²) in [6.45, 7) is 2.50. The Bertz CT molecular complexity index is 281. The standard InChI is InChI=1S/C10H13NO2/c1-8-7-13-10(12)11(8)9-5-3-2-4-6-9/h3,5-6,8H,2,4,7H2,1H3/t8-/m1/s1. The largest absolute Gasteiger partial charge is 0.447 e. The Labute approximate surface area is 77.7 Å². The van der Waals surface area contributed by atoms with Crippen molar-refractivity contribution in [1.82, 2.24) is 4.90 Å². The van der Waals surface area contributed by atoms with Crippen LogP contribution in [0, 0.1) is 0 Å². The molecule has 1 aliphatic carbocycles. The molecule has 70 valence electrons. The highest BCUT2D eigenvalue weighted by atomic mass is 16.6. The molecule has 1 amide bonds. The molecule has 0 aromatic heterocycles. The van der Waals surface area contributed by atoms with Crippen LogP contribution in [0.5, 0.6) is 0 Å². The molecule has 13 heavy (non-hydrogen) atoms. The van der Waals surface area contributed by atoms with Gasteiger partial charge in [-0.3, -0.25) is 4.90 Å². The number of amides is 1. The number of ether oxygens (including phenoxy) is 1. The molecule has 1 fully saturated rings. The zero-order chi connectivity index (χ0) is 9.26. The quantitative estimate of drug-likeness (QED) is 0.616. The van der Waals surface area contributed by atoms with Crippen molar-refractivity contribution >= 4 is 6.09 Å². The summed E-state index contributed by atoms with van der Waals surface area (Å²) in [6.07, 6.45) is 8.04. The summed E-state index contributed by atoms with van der Waals surface area (Å²) in [5, 5.41) is 0. The summed E-state index contributed by atoms with van der Waals surface area (Å²) in [5.74, 6) is 0. The van der Waals surface area contributed by atoms with Gasteiger partial charge >= 0.3 is 6.09 Å². The lowest BCUT2D eigenvalue weighted by molar-refractivity contribution is 0.165. The molecule has 1 atom stereocenters. The first-order valence-electron chi connectivity index (χ1n) is 4.62. The van der Waals surface area contributed by atoms with Crippen LogP contribution in [0.3, 0.4) is 0 Å². The third-order valence-electron chi connectivity index (χ3n) is 2.34. The van der Waals surface area contributed by atoms with Crippen molar-refractivity contribution in [3.63, 3.8) is 0 Å². The second kappa shape index (κ2) is 3.24. The Balaban J connectivity index is 2.19. The van der Waals surface area contributed by atoms with Crippen molar-refractivity contribution in [3.05, 3.63) is 23.9 Å². The summed E-state index contributed by atoms with van der Waals surface area (Å²) in [7, 11) is 0. The molecule has 2 rings (SSSR count). The van der Waals surface area contributed by atoms with Crippen molar-refractivity contribution in [2.45, 2.75) is 25.8 Å². The van der Waals surface area contributed by atoms with E-state index >= 15 is 0 Å². The van der Waals surface area contributed by atoms with Gasteiger partial charge in [-0.15, -0.1) is 0 Å². The fourth-order valence-corrected chi connectivity index (χ4v) is 1.65. The van der Waals surface area contributed by atoms with Gasteiger partial charge in [0.05, 0.1) is 6.04 Å². The van der Waals surface area contributed by atoms with Crippen molar-refractivity contribution in [2.24, 2.45) is 0 Å². The third kappa shape index (κ3) is 1.46. The van der Waals surface area contributed by atoms with Gasteiger partial charge in [-0.05, 0) is 25.8 Å². The smallest absolute Gasteiger partial charge is 0.414 e. The number of carbonyl (C=O) groups is 1. The first-order valence-corrected chi connectivity index (χ1v) is 4.62. The minimum absolute atomic E-state index is 0.168. The fraction of sp³-hybridized carbons (Fsp3) is 0.500. The van der Waals surface area contributed by atoms with Crippen LogP contribution in [-0.4, -0.2) is 23.6 Å². The van der Waals surface area contributed by atoms with Crippen LogP contribution in [0.4, 0.5) is 4.79 Å². The molecular weight excluding hydrogens is 166 g/mol. The number of hydrogen-bond acceptors (Lipinski definition) is 2. The summed E-state index contributed by atoms with van der Waals surface area (Å²) < 4.78 is 4.94. The lowest BCUT2D eigenvalue weighted by Crippen LogP contribution is -2.30. The van der Waals surface area contributed by atoms with E-state index in [1.165, 1.54) is 0 Å². The van der Waals surface area contributed by atoms with Crippen LogP contribution in [0.25, 0.3) is 0 Å². The highest BCUT2D eigenvalue weighted by molar-refractivity contribution is 5.73. The zero-order valence-corrected chi connectivity index (χ0v) is 7.69. The van der Waals surface area contributed by atoms with Crippen molar-refractivity contribution in [1.29, 1.82) is 0 Å². The molecule has 0 bridgehead atoms. The minimum atomic E-state index is -0.217. The van der Waals surface area contributed by atoms with E-state index < -0.39 is 0 Å². The monoisotopic (exact) mass is 179 g/mol. The van der Waals surface area contributed by atoms with Gasteiger partial charge in [-0.1, -0.05) is 12.2 Å². The van der Waals surface area contributed by atoms with Gasteiger partial charge in [0.25, 0.3) is 0 Å². The molecule has 0 saturated carbocycles. The van der Waals surface area contributed by atoms with Gasteiger partial charge < -0.3 is 4.74 Å². The van der Waals surface area contributed by atoms with Crippen LogP contribution < -0.4 is 0 Å². The topological polar surface area (TPSA) is 29.5 Å². The molecule has 2 aliphatic rings. The molecule has 1 aliphatic heterocycles. The van der Waals surface area contributed by atoms with E-state index in [1.807, 2.05) is 13.0 Å². The molecule has 0 unspecified atom stereocenters. The second-order valence-electron chi connectivity index (χ2n) is 3.40. The maximum absolute atomic E-state index is 11.3. The van der Waals surface area contributed by atoms with E-state index in [1.54, 1.807) is 4.90 Å². The summed E-state index contributed by atoms with van der Waals surface area (Å²) in [5.41, 5.74) is 0.987. The number of nitrogens with zero attached hydrogens (tertiary/aromatic N) is 1. The van der Waals surface area contributed by atoms with Gasteiger partial charge in [0.2, 0.25) is 0 Å². The van der Waals surface area contributed by atoms with Crippen LogP contribution in [0.2, 0.25) is 0 Å². The van der Waals surface area contributed by atoms with Crippen molar-refractivity contribution in [3.8, 4) is 0 Å². The maximum Gasteiger partial charge on any atom is 0.414 e. The Hall–Kier alpha value is -1.25. The number of allylic oxidation sites excluding steroid dienone is 3. The number of hydrogen-bond donors (Lipinski definition) is 0. The highest BCUT2D eigenvalue weighted by Crippen LogP contribution is 2.22. The maximum atomic E-state index is 11.3. The minimum Gasteiger partial charge on any atom is -0.447 e. The second-order valence-corrected chi connectivity index (χ2v) is 3.40. The highest BCUT2D eigenvalue weighted by Gasteiger charge is 2.31. The first kappa shape index (κ1) is 8.35. The summed E-state index contributed by atoms with van der Waals surface area (Å²) in [6, 6.07) is 0.168. The predicted molar refractivity (Wildman–Crippen MR) is 49.1 cm³/mol. The number of carbonyl (C=O) groups excluding carboxylic acids is 1. The van der Waals surface area contributed by atoms with Crippen LogP contribution >= 0.6 is 0 Å². The Kier molecular flexibility index (Phi) is 2.08. The van der Waals surface area contributed by atoms with E-state index in [0.29, 0.717) is 6.61 Å². The molecule has 3 nitrogen and oxygen atoms in total. The molecular formula is C10H13NO2. The number of rotatable bonds is 1. The third-order valence-corrected chi connectivity index (χ3v) is 2.34. The van der Waals surface area contributed by atoms with E-state index in [2.05, 4.69) is 12.2 Å². The van der Waals surface area contributed by atoms with Crippen LogP contribution in [0.1, 0.15) is 19.8 Å². The molecule has 1 heterocycles. The van der Waals surface area contributed by atoms with Crippen molar-refractivity contribution < 1.29 is 9.53 Å². The van der Waals surface area contributed by atoms with Crippen LogP contribution in [0.15, 0.2) is 23.9 Å². The Morgan fingerprint density at radius 1 is 1.54 bits per heavy atom. The van der Waals surface area contributed by atoms with Crippen LogP contribution in [-0.2, 0) is 4.74 Å². The van der Waals surface area contributed by atoms with E-state index in [4.69, 9.17) is 4.74 Å². The summed E-state index contributed by atoms with van der Waals surface area (Å²) in [4.78, 5) is 13.0. The van der Waals surface area contributed by atoms with E-state index in [9.17, 15) is 4.79 Å². The number of cyclic esters (lactones) is 1. The lowest BCUT2D eigenvalue weighted by atomic mass is 10.1. The van der Waals surface area contributed by atoms with E-state index in [-0.39, 0.29) is 12.1 Å². The first-order chi connectivity index (χ1) is 6.29. The van der Waals surface area contributed by atoms with Gasteiger partial charge in [0.15, 0.2) is 0 Å². The SMILES string of the molecule is C[C@@H]1COC(=O)N1C1=CCCC=C1. The Morgan fingerprint density at radius 2 is 2.38 bits per heavy atom. The van der Waals surface area contributed by atoms with Gasteiger partial charge in [-0.25, -0.2) is 4.79 Å². The zero-order valence-electron chi connectivity index (χ0n) is 7.69. The molecule has 0 spiro atoms. The molecule has 0 N–H and O–H groups in total. The average molecular weight is 179 g/mol. The Morgan fingerprint density at radius 3 is 2.92 bits per heavy atom. The molecule has 0 aromatic rings. The predicted octanol–water partition coefficient (Wildman–Crippen LogP) is 2.06. The molecule has 3 heteroatoms.